The van der Waals surface area contributed by atoms with Crippen LogP contribution in [0, 0.1) is 18.7 Å². The van der Waals surface area contributed by atoms with E-state index in [1.807, 2.05) is 31.0 Å². The molecule has 3 aromatic heterocycles. The molecule has 2 aliphatic rings. The van der Waals surface area contributed by atoms with E-state index in [0.717, 1.165) is 59.6 Å². The Labute approximate surface area is 212 Å². The number of carbonyl (C=O) groups is 1. The van der Waals surface area contributed by atoms with Crippen LogP contribution in [0.25, 0.3) is 0 Å². The highest BCUT2D eigenvalue weighted by molar-refractivity contribution is 7.59. The van der Waals surface area contributed by atoms with Gasteiger partial charge in [-0.2, -0.15) is 18.6 Å². The van der Waals surface area contributed by atoms with Crippen molar-refractivity contribution in [2.45, 2.75) is 65.0 Å². The second-order valence-corrected chi connectivity index (χ2v) is 9.91. The standard InChI is InChI=1S/C26H31FN6O.H2S/c1-15(2)25-26(34)31-23-16(3)30-20(10-22(23)32(25)4)8-5-17-12-29-33(13-17)14-18-9-21(27)24(28-11-18)19-6-7-19;/h9-13,15,19,25H,5-8,14H2,1-4H3,(H,31,34);1H2/t25-;/m0./s1. The Morgan fingerprint density at radius 3 is 2.63 bits per heavy atom. The van der Waals surface area contributed by atoms with E-state index in [0.29, 0.717) is 18.2 Å². The number of hydrogen-bond donors (Lipinski definition) is 1. The molecule has 0 saturated heterocycles. The summed E-state index contributed by atoms with van der Waals surface area (Å²) in [6, 6.07) is 3.47. The average molecular weight is 497 g/mol. The Morgan fingerprint density at radius 2 is 1.94 bits per heavy atom. The summed E-state index contributed by atoms with van der Waals surface area (Å²) in [5.41, 5.74) is 6.14. The van der Waals surface area contributed by atoms with E-state index >= 15 is 0 Å². The molecule has 35 heavy (non-hydrogen) atoms. The lowest BCUT2D eigenvalue weighted by molar-refractivity contribution is -0.118. The predicted molar refractivity (Wildman–Crippen MR) is 140 cm³/mol. The van der Waals surface area contributed by atoms with Gasteiger partial charge in [0.2, 0.25) is 5.91 Å². The SMILES string of the molecule is Cc1nc(CCc2cnn(Cc3cnc(C4CC4)c(F)c3)c2)cc2c1NC(=O)[C@H](C(C)C)N2C.S. The molecule has 1 fully saturated rings. The fourth-order valence-electron chi connectivity index (χ4n) is 4.87. The minimum atomic E-state index is -0.206. The number of anilines is 2. The zero-order valence-electron chi connectivity index (χ0n) is 20.7. The number of fused-ring (bicyclic) bond motifs is 1. The van der Waals surface area contributed by atoms with Crippen LogP contribution < -0.4 is 10.2 Å². The number of nitrogens with zero attached hydrogens (tertiary/aromatic N) is 5. The Balaban J connectivity index is 0.00000289. The van der Waals surface area contributed by atoms with Gasteiger partial charge < -0.3 is 10.2 Å². The predicted octanol–water partition coefficient (Wildman–Crippen LogP) is 4.36. The monoisotopic (exact) mass is 496 g/mol. The van der Waals surface area contributed by atoms with Crippen molar-refractivity contribution in [3.8, 4) is 0 Å². The fraction of sp³-hybridized carbons (Fsp3) is 0.462. The first kappa shape index (κ1) is 25.2. The molecule has 0 bridgehead atoms. The molecule has 3 aromatic rings. The molecular formula is C26H33FN6OS. The maximum Gasteiger partial charge on any atom is 0.247 e. The summed E-state index contributed by atoms with van der Waals surface area (Å²) in [6.45, 7) is 6.55. The largest absolute Gasteiger partial charge is 0.361 e. The van der Waals surface area contributed by atoms with Crippen LogP contribution >= 0.6 is 13.5 Å². The van der Waals surface area contributed by atoms with Crippen molar-refractivity contribution in [1.29, 1.82) is 0 Å². The molecule has 0 radical (unpaired) electrons. The highest BCUT2D eigenvalue weighted by atomic mass is 32.1. The van der Waals surface area contributed by atoms with Crippen molar-refractivity contribution in [1.82, 2.24) is 19.7 Å². The van der Waals surface area contributed by atoms with Crippen LogP contribution in [0.2, 0.25) is 0 Å². The van der Waals surface area contributed by atoms with E-state index in [4.69, 9.17) is 4.98 Å². The summed E-state index contributed by atoms with van der Waals surface area (Å²) in [7, 11) is 1.98. The highest BCUT2D eigenvalue weighted by Crippen LogP contribution is 2.40. The minimum absolute atomic E-state index is 0. The fourth-order valence-corrected chi connectivity index (χ4v) is 4.87. The number of hydrogen-bond acceptors (Lipinski definition) is 5. The third-order valence-corrected chi connectivity index (χ3v) is 6.77. The van der Waals surface area contributed by atoms with Crippen LogP contribution in [0.5, 0.6) is 0 Å². The first-order chi connectivity index (χ1) is 16.3. The first-order valence-corrected chi connectivity index (χ1v) is 12.0. The average Bonchev–Trinajstić information content (AvgIpc) is 3.52. The van der Waals surface area contributed by atoms with Crippen LogP contribution in [0.1, 0.15) is 60.8 Å². The van der Waals surface area contributed by atoms with Crippen LogP contribution in [0.15, 0.2) is 30.7 Å². The maximum atomic E-state index is 14.3. The van der Waals surface area contributed by atoms with Crippen LogP contribution in [-0.4, -0.2) is 38.7 Å². The summed E-state index contributed by atoms with van der Waals surface area (Å²) < 4.78 is 16.1. The first-order valence-electron chi connectivity index (χ1n) is 12.0. The summed E-state index contributed by atoms with van der Waals surface area (Å²) in [6.07, 6.45) is 9.25. The lowest BCUT2D eigenvalue weighted by atomic mass is 9.97. The van der Waals surface area contributed by atoms with Crippen molar-refractivity contribution < 1.29 is 9.18 Å². The third kappa shape index (κ3) is 5.19. The minimum Gasteiger partial charge on any atom is -0.361 e. The molecule has 1 saturated carbocycles. The quantitative estimate of drug-likeness (QED) is 0.526. The van der Waals surface area contributed by atoms with Crippen LogP contribution in [-0.2, 0) is 24.2 Å². The molecule has 186 valence electrons. The number of aromatic nitrogens is 4. The number of carbonyl (C=O) groups excluding carboxylic acids is 1. The third-order valence-electron chi connectivity index (χ3n) is 6.77. The van der Waals surface area contributed by atoms with E-state index in [-0.39, 0.29) is 37.2 Å². The van der Waals surface area contributed by atoms with Gasteiger partial charge in [0.15, 0.2) is 0 Å². The van der Waals surface area contributed by atoms with Gasteiger partial charge in [0.1, 0.15) is 11.9 Å². The second-order valence-electron chi connectivity index (χ2n) is 9.91. The molecule has 0 spiro atoms. The Kier molecular flexibility index (Phi) is 7.17. The Hall–Kier alpha value is -2.94. The summed E-state index contributed by atoms with van der Waals surface area (Å²) in [5, 5.41) is 7.50. The number of aryl methyl sites for hydroxylation is 3. The van der Waals surface area contributed by atoms with Crippen molar-refractivity contribution in [2.75, 3.05) is 17.3 Å². The molecule has 4 heterocycles. The van der Waals surface area contributed by atoms with Crippen molar-refractivity contribution in [2.24, 2.45) is 5.92 Å². The number of nitrogens with one attached hydrogen (secondary N) is 1. The van der Waals surface area contributed by atoms with Gasteiger partial charge in [-0.15, -0.1) is 0 Å². The van der Waals surface area contributed by atoms with Gasteiger partial charge in [-0.05, 0) is 61.8 Å². The van der Waals surface area contributed by atoms with Gasteiger partial charge >= 0.3 is 0 Å². The molecule has 0 aromatic carbocycles. The Bertz CT molecular complexity index is 1240. The van der Waals surface area contributed by atoms with Gasteiger partial charge in [0.05, 0.1) is 35.5 Å². The van der Waals surface area contributed by atoms with E-state index in [1.54, 1.807) is 12.3 Å². The molecule has 7 nitrogen and oxygen atoms in total. The van der Waals surface area contributed by atoms with E-state index in [9.17, 15) is 9.18 Å². The highest BCUT2D eigenvalue weighted by Gasteiger charge is 2.34. The number of amides is 1. The number of pyridine rings is 2. The summed E-state index contributed by atoms with van der Waals surface area (Å²) >= 11 is 0. The smallest absolute Gasteiger partial charge is 0.247 e. The summed E-state index contributed by atoms with van der Waals surface area (Å²) in [4.78, 5) is 23.7. The zero-order valence-corrected chi connectivity index (χ0v) is 21.7. The second kappa shape index (κ2) is 9.97. The maximum absolute atomic E-state index is 14.3. The molecular weight excluding hydrogens is 463 g/mol. The molecule has 1 atom stereocenters. The lowest BCUT2D eigenvalue weighted by Gasteiger charge is -2.38. The van der Waals surface area contributed by atoms with E-state index in [1.165, 1.54) is 0 Å². The lowest BCUT2D eigenvalue weighted by Crippen LogP contribution is -2.49. The molecule has 9 heteroatoms. The topological polar surface area (TPSA) is 75.9 Å². The van der Waals surface area contributed by atoms with Gasteiger partial charge in [-0.25, -0.2) is 4.39 Å². The molecule has 1 amide bonds. The van der Waals surface area contributed by atoms with Gasteiger partial charge in [0, 0.05) is 31.1 Å². The van der Waals surface area contributed by atoms with E-state index < -0.39 is 0 Å². The number of rotatable bonds is 7. The molecule has 1 aliphatic heterocycles. The molecule has 5 rings (SSSR count). The van der Waals surface area contributed by atoms with Crippen molar-refractivity contribution in [3.05, 3.63) is 64.7 Å². The van der Waals surface area contributed by atoms with Crippen molar-refractivity contribution in [3.63, 3.8) is 0 Å². The number of halogens is 1. The summed E-state index contributed by atoms with van der Waals surface area (Å²) in [5.74, 6) is 0.322. The van der Waals surface area contributed by atoms with Gasteiger partial charge in [-0.1, -0.05) is 13.8 Å². The van der Waals surface area contributed by atoms with Gasteiger partial charge in [-0.3, -0.25) is 19.4 Å². The zero-order chi connectivity index (χ0) is 24.0. The molecule has 1 N–H and O–H groups in total. The Morgan fingerprint density at radius 1 is 1.17 bits per heavy atom. The van der Waals surface area contributed by atoms with Gasteiger partial charge in [0.25, 0.3) is 0 Å². The molecule has 0 unspecified atom stereocenters. The van der Waals surface area contributed by atoms with Crippen LogP contribution in [0.3, 0.4) is 0 Å². The van der Waals surface area contributed by atoms with E-state index in [2.05, 4.69) is 40.2 Å². The number of likely N-dealkylation sites (N-methyl/N-ethyl adjacent to an activating group) is 1. The normalized spacial score (nSPS) is 17.3. The molecule has 1 aliphatic carbocycles. The van der Waals surface area contributed by atoms with Crippen molar-refractivity contribution >= 4 is 30.8 Å². The van der Waals surface area contributed by atoms with Crippen LogP contribution in [0.4, 0.5) is 15.8 Å².